The van der Waals surface area contributed by atoms with Gasteiger partial charge in [0.25, 0.3) is 0 Å². The van der Waals surface area contributed by atoms with Crippen molar-refractivity contribution in [2.24, 2.45) is 0 Å². The predicted molar refractivity (Wildman–Crippen MR) is 66.9 cm³/mol. The molecule has 2 rings (SSSR count). The fourth-order valence-electron chi connectivity index (χ4n) is 1.92. The molecule has 17 heavy (non-hydrogen) atoms. The van der Waals surface area contributed by atoms with Crippen molar-refractivity contribution in [3.63, 3.8) is 0 Å². The molecule has 0 atom stereocenters. The Labute approximate surface area is 102 Å². The van der Waals surface area contributed by atoms with Crippen molar-refractivity contribution in [3.8, 4) is 11.5 Å². The van der Waals surface area contributed by atoms with Crippen LogP contribution in [0.3, 0.4) is 0 Å². The zero-order chi connectivity index (χ0) is 12.3. The highest BCUT2D eigenvalue weighted by atomic mass is 16.5. The van der Waals surface area contributed by atoms with Crippen LogP contribution in [-0.2, 0) is 6.54 Å². The molecule has 1 heterocycles. The summed E-state index contributed by atoms with van der Waals surface area (Å²) < 4.78 is 10.6. The molecule has 0 saturated heterocycles. The lowest BCUT2D eigenvalue weighted by molar-refractivity contribution is 0.285. The first-order valence-corrected chi connectivity index (χ1v) is 5.56. The van der Waals surface area contributed by atoms with E-state index in [1.807, 2.05) is 18.2 Å². The first-order valence-electron chi connectivity index (χ1n) is 5.56. The lowest BCUT2D eigenvalue weighted by Gasteiger charge is -2.19. The molecule has 0 amide bonds. The highest BCUT2D eigenvalue weighted by Crippen LogP contribution is 2.26. The smallest absolute Gasteiger partial charge is 0.124 e. The topological polar surface area (TPSA) is 24.9 Å². The van der Waals surface area contributed by atoms with E-state index in [-0.39, 0.29) is 0 Å². The molecular weight excluding hydrogens is 216 g/mol. The van der Waals surface area contributed by atoms with Crippen LogP contribution < -0.4 is 9.47 Å². The minimum Gasteiger partial charge on any atom is -0.497 e. The standard InChI is InChI=1S/C13H18N2O2/c1-14-6-7-15(10-14)9-11-8-12(16-2)4-5-13(11)17-3/h4-8H,9-10H2,1-3H3. The molecule has 0 spiro atoms. The minimum absolute atomic E-state index is 0.821. The molecule has 1 aliphatic heterocycles. The van der Waals surface area contributed by atoms with Crippen LogP contribution in [0.2, 0.25) is 0 Å². The SMILES string of the molecule is COc1ccc(OC)c(CN2C=CN(C)C2)c1. The molecular formula is C13H18N2O2. The Morgan fingerprint density at radius 2 is 2.00 bits per heavy atom. The number of nitrogens with zero attached hydrogens (tertiary/aromatic N) is 2. The number of hydrogen-bond acceptors (Lipinski definition) is 4. The van der Waals surface area contributed by atoms with Gasteiger partial charge in [0, 0.05) is 31.6 Å². The summed E-state index contributed by atoms with van der Waals surface area (Å²) in [5.41, 5.74) is 1.13. The van der Waals surface area contributed by atoms with Crippen molar-refractivity contribution in [2.45, 2.75) is 6.54 Å². The van der Waals surface area contributed by atoms with Gasteiger partial charge in [-0.2, -0.15) is 0 Å². The highest BCUT2D eigenvalue weighted by molar-refractivity contribution is 5.40. The molecule has 0 bridgehead atoms. The van der Waals surface area contributed by atoms with Crippen LogP contribution in [0.5, 0.6) is 11.5 Å². The lowest BCUT2D eigenvalue weighted by Crippen LogP contribution is -2.22. The van der Waals surface area contributed by atoms with Gasteiger partial charge < -0.3 is 19.3 Å². The fraction of sp³-hybridized carbons (Fsp3) is 0.385. The van der Waals surface area contributed by atoms with Crippen molar-refractivity contribution in [2.75, 3.05) is 27.9 Å². The molecule has 4 heteroatoms. The average molecular weight is 234 g/mol. The van der Waals surface area contributed by atoms with Gasteiger partial charge in [-0.15, -0.1) is 0 Å². The van der Waals surface area contributed by atoms with Crippen LogP contribution in [0, 0.1) is 0 Å². The lowest BCUT2D eigenvalue weighted by atomic mass is 10.2. The summed E-state index contributed by atoms with van der Waals surface area (Å²) in [6.45, 7) is 1.72. The zero-order valence-electron chi connectivity index (χ0n) is 10.5. The summed E-state index contributed by atoms with van der Waals surface area (Å²) in [6.07, 6.45) is 4.14. The molecule has 0 radical (unpaired) electrons. The van der Waals surface area contributed by atoms with Crippen LogP contribution in [0.4, 0.5) is 0 Å². The summed E-state index contributed by atoms with van der Waals surface area (Å²) in [5.74, 6) is 1.76. The van der Waals surface area contributed by atoms with E-state index >= 15 is 0 Å². The normalized spacial score (nSPS) is 14.3. The monoisotopic (exact) mass is 234 g/mol. The zero-order valence-corrected chi connectivity index (χ0v) is 10.5. The second kappa shape index (κ2) is 4.99. The number of rotatable bonds is 4. The van der Waals surface area contributed by atoms with Gasteiger partial charge in [0.2, 0.25) is 0 Å². The van der Waals surface area contributed by atoms with Crippen molar-refractivity contribution in [3.05, 3.63) is 36.2 Å². The van der Waals surface area contributed by atoms with Crippen LogP contribution in [0.15, 0.2) is 30.6 Å². The third-order valence-electron chi connectivity index (χ3n) is 2.80. The van der Waals surface area contributed by atoms with Gasteiger partial charge in [-0.05, 0) is 18.2 Å². The number of ether oxygens (including phenoxy) is 2. The van der Waals surface area contributed by atoms with E-state index < -0.39 is 0 Å². The molecule has 0 saturated carbocycles. The van der Waals surface area contributed by atoms with Crippen molar-refractivity contribution >= 4 is 0 Å². The molecule has 0 N–H and O–H groups in total. The summed E-state index contributed by atoms with van der Waals surface area (Å²) in [7, 11) is 5.42. The Bertz CT molecular complexity index is 418. The van der Waals surface area contributed by atoms with E-state index in [4.69, 9.17) is 9.47 Å². The van der Waals surface area contributed by atoms with Gasteiger partial charge in [-0.1, -0.05) is 0 Å². The molecule has 0 aromatic heterocycles. The van der Waals surface area contributed by atoms with Crippen LogP contribution >= 0.6 is 0 Å². The van der Waals surface area contributed by atoms with Crippen LogP contribution in [0.1, 0.15) is 5.56 Å². The summed E-state index contributed by atoms with van der Waals surface area (Å²) in [6, 6.07) is 5.87. The van der Waals surface area contributed by atoms with E-state index in [9.17, 15) is 0 Å². The summed E-state index contributed by atoms with van der Waals surface area (Å²) >= 11 is 0. The number of methoxy groups -OCH3 is 2. The average Bonchev–Trinajstić information content (AvgIpc) is 2.74. The quantitative estimate of drug-likeness (QED) is 0.794. The molecule has 92 valence electrons. The molecule has 0 unspecified atom stereocenters. The van der Waals surface area contributed by atoms with Crippen LogP contribution in [-0.4, -0.2) is 37.7 Å². The van der Waals surface area contributed by atoms with E-state index in [0.717, 1.165) is 30.3 Å². The molecule has 1 aliphatic rings. The van der Waals surface area contributed by atoms with Gasteiger partial charge in [-0.25, -0.2) is 0 Å². The molecule has 1 aromatic rings. The molecule has 0 fully saturated rings. The van der Waals surface area contributed by atoms with E-state index in [1.165, 1.54) is 0 Å². The predicted octanol–water partition coefficient (Wildman–Crippen LogP) is 1.88. The maximum atomic E-state index is 5.36. The molecule has 4 nitrogen and oxygen atoms in total. The van der Waals surface area contributed by atoms with E-state index in [2.05, 4.69) is 29.2 Å². The Morgan fingerprint density at radius 3 is 2.59 bits per heavy atom. The van der Waals surface area contributed by atoms with E-state index in [1.54, 1.807) is 14.2 Å². The maximum absolute atomic E-state index is 5.36. The Kier molecular flexibility index (Phi) is 3.42. The third-order valence-corrected chi connectivity index (χ3v) is 2.80. The summed E-state index contributed by atoms with van der Waals surface area (Å²) in [4.78, 5) is 4.35. The third kappa shape index (κ3) is 2.64. The largest absolute Gasteiger partial charge is 0.497 e. The van der Waals surface area contributed by atoms with Crippen molar-refractivity contribution in [1.29, 1.82) is 0 Å². The van der Waals surface area contributed by atoms with Gasteiger partial charge in [0.05, 0.1) is 20.9 Å². The number of benzene rings is 1. The first-order chi connectivity index (χ1) is 8.22. The van der Waals surface area contributed by atoms with Gasteiger partial charge >= 0.3 is 0 Å². The van der Waals surface area contributed by atoms with Crippen LogP contribution in [0.25, 0.3) is 0 Å². The Morgan fingerprint density at radius 1 is 1.18 bits per heavy atom. The Balaban J connectivity index is 2.15. The first kappa shape index (κ1) is 11.6. The van der Waals surface area contributed by atoms with Gasteiger partial charge in [-0.3, -0.25) is 0 Å². The minimum atomic E-state index is 0.821. The van der Waals surface area contributed by atoms with E-state index in [0.29, 0.717) is 0 Å². The summed E-state index contributed by atoms with van der Waals surface area (Å²) in [5, 5.41) is 0. The second-order valence-corrected chi connectivity index (χ2v) is 4.12. The highest BCUT2D eigenvalue weighted by Gasteiger charge is 2.12. The van der Waals surface area contributed by atoms with Gasteiger partial charge in [0.1, 0.15) is 11.5 Å². The molecule has 0 aliphatic carbocycles. The maximum Gasteiger partial charge on any atom is 0.124 e. The number of hydrogen-bond donors (Lipinski definition) is 0. The van der Waals surface area contributed by atoms with Crippen molar-refractivity contribution < 1.29 is 9.47 Å². The Hall–Kier alpha value is -1.84. The van der Waals surface area contributed by atoms with Gasteiger partial charge in [0.15, 0.2) is 0 Å². The van der Waals surface area contributed by atoms with Crippen molar-refractivity contribution in [1.82, 2.24) is 9.80 Å². The molecule has 1 aromatic carbocycles. The second-order valence-electron chi connectivity index (χ2n) is 4.12. The fourth-order valence-corrected chi connectivity index (χ4v) is 1.92.